The molecule has 0 saturated carbocycles. The smallest absolute Gasteiger partial charge is 0.137 e. The summed E-state index contributed by atoms with van der Waals surface area (Å²) < 4.78 is 19.0. The van der Waals surface area contributed by atoms with Crippen LogP contribution in [0.5, 0.6) is 0 Å². The molecule has 1 fully saturated rings. The Hall–Kier alpha value is -0.690. The molecule has 1 aromatic carbocycles. The zero-order valence-corrected chi connectivity index (χ0v) is 13.1. The van der Waals surface area contributed by atoms with Gasteiger partial charge in [0.15, 0.2) is 0 Å². The molecule has 0 aliphatic carbocycles. The van der Waals surface area contributed by atoms with Gasteiger partial charge in [-0.05, 0) is 40.5 Å². The van der Waals surface area contributed by atoms with Crippen LogP contribution in [0.15, 0.2) is 16.6 Å². The quantitative estimate of drug-likeness (QED) is 0.855. The summed E-state index contributed by atoms with van der Waals surface area (Å²) in [6, 6.07) is 3.17. The van der Waals surface area contributed by atoms with Gasteiger partial charge in [0.1, 0.15) is 5.82 Å². The fourth-order valence-corrected chi connectivity index (χ4v) is 2.55. The molecule has 0 bridgehead atoms. The van der Waals surface area contributed by atoms with E-state index >= 15 is 0 Å². The molecule has 1 saturated heterocycles. The van der Waals surface area contributed by atoms with Gasteiger partial charge in [-0.3, -0.25) is 4.90 Å². The number of morpholine rings is 1. The van der Waals surface area contributed by atoms with Gasteiger partial charge in [0.05, 0.1) is 23.8 Å². The first kappa shape index (κ1) is 15.7. The molecule has 1 aromatic rings. The minimum Gasteiger partial charge on any atom is -0.390 e. The number of nitrogens with one attached hydrogen (secondary N) is 1. The molecule has 20 heavy (non-hydrogen) atoms. The van der Waals surface area contributed by atoms with Gasteiger partial charge in [-0.2, -0.15) is 0 Å². The number of halogens is 2. The topological polar surface area (TPSA) is 44.7 Å². The Bertz CT molecular complexity index is 453. The average molecular weight is 347 g/mol. The third-order valence-corrected chi connectivity index (χ3v) is 3.98. The van der Waals surface area contributed by atoms with Crippen LogP contribution < -0.4 is 5.32 Å². The molecule has 1 atom stereocenters. The van der Waals surface area contributed by atoms with Gasteiger partial charge in [0.2, 0.25) is 0 Å². The lowest BCUT2D eigenvalue weighted by atomic mass is 10.2. The van der Waals surface area contributed by atoms with Gasteiger partial charge < -0.3 is 15.2 Å². The van der Waals surface area contributed by atoms with Crippen LogP contribution in [0, 0.1) is 12.7 Å². The maximum atomic E-state index is 13.3. The van der Waals surface area contributed by atoms with Crippen molar-refractivity contribution in [2.75, 3.05) is 44.7 Å². The molecule has 112 valence electrons. The first-order valence-corrected chi connectivity index (χ1v) is 7.53. The van der Waals surface area contributed by atoms with Crippen molar-refractivity contribution in [3.05, 3.63) is 28.0 Å². The van der Waals surface area contributed by atoms with Gasteiger partial charge in [-0.15, -0.1) is 0 Å². The van der Waals surface area contributed by atoms with Gasteiger partial charge in [0.25, 0.3) is 0 Å². The number of nitrogens with zero attached hydrogens (tertiary/aromatic N) is 1. The van der Waals surface area contributed by atoms with Crippen LogP contribution in [0.3, 0.4) is 0 Å². The minimum atomic E-state index is -0.462. The maximum Gasteiger partial charge on any atom is 0.137 e. The highest BCUT2D eigenvalue weighted by Gasteiger charge is 2.15. The van der Waals surface area contributed by atoms with Crippen molar-refractivity contribution in [2.45, 2.75) is 13.0 Å². The molecule has 0 aromatic heterocycles. The van der Waals surface area contributed by atoms with Crippen LogP contribution in [-0.2, 0) is 4.74 Å². The monoisotopic (exact) mass is 346 g/mol. The number of β-amino-alcohol motifs (C(OH)–C–C–N with tert-alkyl or cyclic N) is 1. The van der Waals surface area contributed by atoms with Crippen LogP contribution in [0.25, 0.3) is 0 Å². The molecule has 6 heteroatoms. The van der Waals surface area contributed by atoms with Gasteiger partial charge in [0, 0.05) is 31.9 Å². The summed E-state index contributed by atoms with van der Waals surface area (Å²) in [6.07, 6.45) is -0.462. The Morgan fingerprint density at radius 3 is 2.85 bits per heavy atom. The van der Waals surface area contributed by atoms with E-state index in [0.717, 1.165) is 37.6 Å². The molecule has 0 spiro atoms. The van der Waals surface area contributed by atoms with E-state index < -0.39 is 6.10 Å². The summed E-state index contributed by atoms with van der Waals surface area (Å²) in [5, 5.41) is 13.2. The average Bonchev–Trinajstić information content (AvgIpc) is 2.42. The van der Waals surface area contributed by atoms with Crippen LogP contribution in [-0.4, -0.2) is 55.5 Å². The summed E-state index contributed by atoms with van der Waals surface area (Å²) >= 11 is 3.17. The Balaban J connectivity index is 1.83. The van der Waals surface area contributed by atoms with Gasteiger partial charge in [-0.25, -0.2) is 4.39 Å². The highest BCUT2D eigenvalue weighted by atomic mass is 79.9. The van der Waals surface area contributed by atoms with Crippen molar-refractivity contribution in [3.63, 3.8) is 0 Å². The van der Waals surface area contributed by atoms with E-state index in [1.54, 1.807) is 6.07 Å². The van der Waals surface area contributed by atoms with E-state index in [9.17, 15) is 9.50 Å². The third kappa shape index (κ3) is 4.41. The van der Waals surface area contributed by atoms with E-state index in [4.69, 9.17) is 4.74 Å². The zero-order valence-electron chi connectivity index (χ0n) is 11.5. The second-order valence-electron chi connectivity index (χ2n) is 5.03. The molecule has 4 nitrogen and oxygen atoms in total. The first-order chi connectivity index (χ1) is 9.56. The number of aliphatic hydroxyl groups excluding tert-OH is 1. The number of aliphatic hydroxyl groups is 1. The van der Waals surface area contributed by atoms with E-state index in [1.807, 2.05) is 6.92 Å². The summed E-state index contributed by atoms with van der Waals surface area (Å²) in [4.78, 5) is 2.18. The molecule has 1 unspecified atom stereocenters. The van der Waals surface area contributed by atoms with E-state index in [0.29, 0.717) is 17.6 Å². The predicted molar refractivity (Wildman–Crippen MR) is 80.6 cm³/mol. The van der Waals surface area contributed by atoms with Crippen molar-refractivity contribution >= 4 is 21.6 Å². The number of rotatable bonds is 5. The lowest BCUT2D eigenvalue weighted by Crippen LogP contribution is -2.42. The predicted octanol–water partition coefficient (Wildman–Crippen LogP) is 2.00. The van der Waals surface area contributed by atoms with Crippen molar-refractivity contribution in [1.29, 1.82) is 0 Å². The molecular formula is C14H20BrFN2O2. The molecule has 0 amide bonds. The fourth-order valence-electron chi connectivity index (χ4n) is 2.21. The number of anilines is 1. The number of aryl methyl sites for hydroxylation is 1. The van der Waals surface area contributed by atoms with Crippen LogP contribution >= 0.6 is 15.9 Å². The van der Waals surface area contributed by atoms with Crippen LogP contribution in [0.1, 0.15) is 5.56 Å². The Morgan fingerprint density at radius 2 is 2.15 bits per heavy atom. The fraction of sp³-hybridized carbons (Fsp3) is 0.571. The zero-order chi connectivity index (χ0) is 14.5. The standard InChI is InChI=1S/C14H20BrFN2O2/c1-10-6-13(16)12(15)7-14(10)17-8-11(19)9-18-2-4-20-5-3-18/h6-7,11,17,19H,2-5,8-9H2,1H3. The summed E-state index contributed by atoms with van der Waals surface area (Å²) in [5.74, 6) is -0.276. The van der Waals surface area contributed by atoms with Crippen molar-refractivity contribution in [2.24, 2.45) is 0 Å². The Kier molecular flexibility index (Phi) is 5.77. The SMILES string of the molecule is Cc1cc(F)c(Br)cc1NCC(O)CN1CCOCC1. The second-order valence-corrected chi connectivity index (χ2v) is 5.88. The minimum absolute atomic E-state index is 0.276. The molecule has 0 radical (unpaired) electrons. The lowest BCUT2D eigenvalue weighted by Gasteiger charge is -2.28. The normalized spacial score (nSPS) is 18.0. The van der Waals surface area contributed by atoms with E-state index in [-0.39, 0.29) is 5.82 Å². The highest BCUT2D eigenvalue weighted by molar-refractivity contribution is 9.10. The maximum absolute atomic E-state index is 13.3. The van der Waals surface area contributed by atoms with Gasteiger partial charge >= 0.3 is 0 Å². The number of hydrogen-bond acceptors (Lipinski definition) is 4. The Labute approximate surface area is 127 Å². The van der Waals surface area contributed by atoms with Crippen LogP contribution in [0.2, 0.25) is 0 Å². The van der Waals surface area contributed by atoms with Gasteiger partial charge in [-0.1, -0.05) is 0 Å². The highest BCUT2D eigenvalue weighted by Crippen LogP contribution is 2.24. The molecule has 2 N–H and O–H groups in total. The van der Waals surface area contributed by atoms with Crippen molar-refractivity contribution in [1.82, 2.24) is 4.90 Å². The Morgan fingerprint density at radius 1 is 1.45 bits per heavy atom. The lowest BCUT2D eigenvalue weighted by molar-refractivity contribution is 0.0171. The molecule has 2 rings (SSSR count). The summed E-state index contributed by atoms with van der Waals surface area (Å²) in [7, 11) is 0. The largest absolute Gasteiger partial charge is 0.390 e. The molecular weight excluding hydrogens is 327 g/mol. The number of benzene rings is 1. The van der Waals surface area contributed by atoms with Crippen LogP contribution in [0.4, 0.5) is 10.1 Å². The molecule has 1 aliphatic rings. The first-order valence-electron chi connectivity index (χ1n) is 6.74. The van der Waals surface area contributed by atoms with E-state index in [1.165, 1.54) is 6.07 Å². The summed E-state index contributed by atoms with van der Waals surface area (Å²) in [5.41, 5.74) is 1.66. The number of ether oxygens (including phenoxy) is 1. The third-order valence-electron chi connectivity index (χ3n) is 3.37. The molecule has 1 heterocycles. The van der Waals surface area contributed by atoms with Crippen molar-refractivity contribution < 1.29 is 14.2 Å². The number of hydrogen-bond donors (Lipinski definition) is 2. The summed E-state index contributed by atoms with van der Waals surface area (Å²) in [6.45, 7) is 6.07. The van der Waals surface area contributed by atoms with E-state index in [2.05, 4.69) is 26.1 Å². The molecule has 1 aliphatic heterocycles. The van der Waals surface area contributed by atoms with Crippen molar-refractivity contribution in [3.8, 4) is 0 Å². The second kappa shape index (κ2) is 7.36.